The number of carbonyl (C=O) groups excluding carboxylic acids is 1. The van der Waals surface area contributed by atoms with E-state index in [1.807, 2.05) is 13.2 Å². The Morgan fingerprint density at radius 2 is 2.54 bits per heavy atom. The first-order valence-electron chi connectivity index (χ1n) is 3.82. The standard InChI is InChI=1S/C8H11NO2S2/c1-6-9-7(5-13-6)8(10)11-3-4-12-2/h5H,3-4H2,1-2H3. The molecule has 3 nitrogen and oxygen atoms in total. The van der Waals surface area contributed by atoms with Gasteiger partial charge in [-0.1, -0.05) is 0 Å². The molecule has 1 rings (SSSR count). The Kier molecular flexibility index (Phi) is 4.24. The molecule has 1 aromatic heterocycles. The molecule has 0 bridgehead atoms. The van der Waals surface area contributed by atoms with Crippen molar-refractivity contribution in [2.75, 3.05) is 18.6 Å². The average Bonchev–Trinajstić information content (AvgIpc) is 2.52. The molecule has 0 fully saturated rings. The highest BCUT2D eigenvalue weighted by molar-refractivity contribution is 7.98. The summed E-state index contributed by atoms with van der Waals surface area (Å²) in [6, 6.07) is 0. The molecule has 0 saturated carbocycles. The maximum Gasteiger partial charge on any atom is 0.357 e. The Labute approximate surface area is 85.5 Å². The zero-order valence-electron chi connectivity index (χ0n) is 7.57. The third kappa shape index (κ3) is 3.36. The minimum absolute atomic E-state index is 0.321. The third-order valence-corrected chi connectivity index (χ3v) is 2.70. The molecule has 0 N–H and O–H groups in total. The predicted molar refractivity (Wildman–Crippen MR) is 55.5 cm³/mol. The molecule has 0 saturated heterocycles. The second kappa shape index (κ2) is 5.24. The first-order valence-corrected chi connectivity index (χ1v) is 6.09. The molecular formula is C8H11NO2S2. The second-order valence-corrected chi connectivity index (χ2v) is 4.43. The van der Waals surface area contributed by atoms with Crippen LogP contribution in [0.4, 0.5) is 0 Å². The van der Waals surface area contributed by atoms with Crippen molar-refractivity contribution in [1.29, 1.82) is 0 Å². The van der Waals surface area contributed by atoms with E-state index in [-0.39, 0.29) is 5.97 Å². The number of aryl methyl sites for hydroxylation is 1. The largest absolute Gasteiger partial charge is 0.460 e. The van der Waals surface area contributed by atoms with Gasteiger partial charge in [0.2, 0.25) is 0 Å². The third-order valence-electron chi connectivity index (χ3n) is 1.35. The number of thioether (sulfide) groups is 1. The molecule has 5 heteroatoms. The van der Waals surface area contributed by atoms with E-state index >= 15 is 0 Å². The van der Waals surface area contributed by atoms with Crippen molar-refractivity contribution >= 4 is 29.1 Å². The molecule has 0 amide bonds. The summed E-state index contributed by atoms with van der Waals surface area (Å²) in [4.78, 5) is 15.3. The predicted octanol–water partition coefficient (Wildman–Crippen LogP) is 1.97. The lowest BCUT2D eigenvalue weighted by molar-refractivity contribution is 0.0524. The Hall–Kier alpha value is -0.550. The van der Waals surface area contributed by atoms with Crippen molar-refractivity contribution in [3.8, 4) is 0 Å². The zero-order chi connectivity index (χ0) is 9.68. The van der Waals surface area contributed by atoms with Gasteiger partial charge >= 0.3 is 5.97 Å². The summed E-state index contributed by atoms with van der Waals surface area (Å²) in [5, 5.41) is 2.60. The molecule has 0 aromatic carbocycles. The lowest BCUT2D eigenvalue weighted by atomic mass is 10.5. The summed E-state index contributed by atoms with van der Waals surface area (Å²) in [7, 11) is 0. The van der Waals surface area contributed by atoms with Crippen molar-refractivity contribution < 1.29 is 9.53 Å². The van der Waals surface area contributed by atoms with Crippen molar-refractivity contribution in [2.45, 2.75) is 6.92 Å². The molecule has 0 atom stereocenters. The highest BCUT2D eigenvalue weighted by Crippen LogP contribution is 2.09. The molecule has 72 valence electrons. The number of nitrogens with zero attached hydrogens (tertiary/aromatic N) is 1. The molecule has 13 heavy (non-hydrogen) atoms. The fraction of sp³-hybridized carbons (Fsp3) is 0.500. The minimum Gasteiger partial charge on any atom is -0.460 e. The lowest BCUT2D eigenvalue weighted by Crippen LogP contribution is -2.08. The summed E-state index contributed by atoms with van der Waals surface area (Å²) < 4.78 is 4.97. The van der Waals surface area contributed by atoms with E-state index in [1.165, 1.54) is 11.3 Å². The molecule has 1 aromatic rings. The number of hydrogen-bond acceptors (Lipinski definition) is 5. The summed E-state index contributed by atoms with van der Waals surface area (Å²) in [6.45, 7) is 2.32. The van der Waals surface area contributed by atoms with Gasteiger partial charge in [-0.25, -0.2) is 9.78 Å². The summed E-state index contributed by atoms with van der Waals surface area (Å²) in [5.74, 6) is 0.507. The van der Waals surface area contributed by atoms with Crippen LogP contribution in [-0.2, 0) is 4.74 Å². The van der Waals surface area contributed by atoms with E-state index in [9.17, 15) is 4.79 Å². The molecule has 0 spiro atoms. The summed E-state index contributed by atoms with van der Waals surface area (Å²) in [6.07, 6.45) is 1.97. The van der Waals surface area contributed by atoms with Crippen molar-refractivity contribution in [3.05, 3.63) is 16.1 Å². The number of aromatic nitrogens is 1. The van der Waals surface area contributed by atoms with Crippen LogP contribution in [0.3, 0.4) is 0 Å². The Morgan fingerprint density at radius 3 is 3.08 bits per heavy atom. The van der Waals surface area contributed by atoms with Gasteiger partial charge in [-0.15, -0.1) is 11.3 Å². The zero-order valence-corrected chi connectivity index (χ0v) is 9.20. The van der Waals surface area contributed by atoms with E-state index in [1.54, 1.807) is 17.1 Å². The minimum atomic E-state index is -0.321. The smallest absolute Gasteiger partial charge is 0.357 e. The molecule has 0 radical (unpaired) electrons. The van der Waals surface area contributed by atoms with Gasteiger partial charge < -0.3 is 4.74 Å². The van der Waals surface area contributed by atoms with Crippen LogP contribution in [0.1, 0.15) is 15.5 Å². The molecule has 1 heterocycles. The quantitative estimate of drug-likeness (QED) is 0.571. The second-order valence-electron chi connectivity index (χ2n) is 2.38. The number of thiazole rings is 1. The van der Waals surface area contributed by atoms with Crippen LogP contribution >= 0.6 is 23.1 Å². The molecule has 0 unspecified atom stereocenters. The van der Waals surface area contributed by atoms with Crippen LogP contribution in [0.25, 0.3) is 0 Å². The van der Waals surface area contributed by atoms with Gasteiger partial charge in [-0.3, -0.25) is 0 Å². The Bertz CT molecular complexity index is 285. The molecular weight excluding hydrogens is 206 g/mol. The number of rotatable bonds is 4. The number of esters is 1. The van der Waals surface area contributed by atoms with Gasteiger partial charge in [0.05, 0.1) is 5.01 Å². The van der Waals surface area contributed by atoms with Gasteiger partial charge in [-0.2, -0.15) is 11.8 Å². The topological polar surface area (TPSA) is 39.2 Å². The van der Waals surface area contributed by atoms with E-state index in [0.29, 0.717) is 12.3 Å². The van der Waals surface area contributed by atoms with Gasteiger partial charge in [-0.05, 0) is 13.2 Å². The first-order chi connectivity index (χ1) is 6.24. The van der Waals surface area contributed by atoms with Crippen molar-refractivity contribution in [2.24, 2.45) is 0 Å². The lowest BCUT2D eigenvalue weighted by Gasteiger charge is -1.99. The normalized spacial score (nSPS) is 10.0. The van der Waals surface area contributed by atoms with Crippen LogP contribution in [-0.4, -0.2) is 29.6 Å². The van der Waals surface area contributed by atoms with Crippen LogP contribution in [0, 0.1) is 6.92 Å². The van der Waals surface area contributed by atoms with Crippen molar-refractivity contribution in [3.63, 3.8) is 0 Å². The number of carbonyl (C=O) groups is 1. The van der Waals surface area contributed by atoms with Gasteiger partial charge in [0.1, 0.15) is 6.61 Å². The van der Waals surface area contributed by atoms with E-state index in [4.69, 9.17) is 4.74 Å². The first kappa shape index (κ1) is 10.5. The maximum absolute atomic E-state index is 11.2. The van der Waals surface area contributed by atoms with Crippen LogP contribution < -0.4 is 0 Å². The SMILES string of the molecule is CSCCOC(=O)c1csc(C)n1. The Balaban J connectivity index is 2.40. The maximum atomic E-state index is 11.2. The van der Waals surface area contributed by atoms with Crippen molar-refractivity contribution in [1.82, 2.24) is 4.98 Å². The number of hydrogen-bond donors (Lipinski definition) is 0. The van der Waals surface area contributed by atoms with E-state index in [0.717, 1.165) is 10.8 Å². The van der Waals surface area contributed by atoms with E-state index < -0.39 is 0 Å². The fourth-order valence-corrected chi connectivity index (χ4v) is 1.58. The van der Waals surface area contributed by atoms with Gasteiger partial charge in [0, 0.05) is 11.1 Å². The van der Waals surface area contributed by atoms with Gasteiger partial charge in [0.25, 0.3) is 0 Å². The number of ether oxygens (including phenoxy) is 1. The van der Waals surface area contributed by atoms with Crippen LogP contribution in [0.2, 0.25) is 0 Å². The highest BCUT2D eigenvalue weighted by Gasteiger charge is 2.09. The van der Waals surface area contributed by atoms with Crippen LogP contribution in [0.15, 0.2) is 5.38 Å². The van der Waals surface area contributed by atoms with Gasteiger partial charge in [0.15, 0.2) is 5.69 Å². The summed E-state index contributed by atoms with van der Waals surface area (Å²) >= 11 is 3.10. The van der Waals surface area contributed by atoms with Crippen LogP contribution in [0.5, 0.6) is 0 Å². The average molecular weight is 217 g/mol. The Morgan fingerprint density at radius 1 is 1.77 bits per heavy atom. The highest BCUT2D eigenvalue weighted by atomic mass is 32.2. The monoisotopic (exact) mass is 217 g/mol. The van der Waals surface area contributed by atoms with E-state index in [2.05, 4.69) is 4.98 Å². The molecule has 0 aliphatic rings. The fourth-order valence-electron chi connectivity index (χ4n) is 0.749. The molecule has 0 aliphatic carbocycles. The summed E-state index contributed by atoms with van der Waals surface area (Å²) in [5.41, 5.74) is 0.420. The molecule has 0 aliphatic heterocycles.